The second kappa shape index (κ2) is 8.47. The molecule has 1 fully saturated rings. The molecule has 1 aliphatic heterocycles. The molecule has 0 bridgehead atoms. The van der Waals surface area contributed by atoms with Crippen LogP contribution in [0.2, 0.25) is 0 Å². The molecule has 0 aromatic rings. The first-order valence-electron chi connectivity index (χ1n) is 9.71. The number of allylic oxidation sites excluding steroid dienone is 6. The van der Waals surface area contributed by atoms with Crippen molar-refractivity contribution < 1.29 is 14.2 Å². The first kappa shape index (κ1) is 20.8. The maximum Gasteiger partial charge on any atom is 0.106 e. The van der Waals surface area contributed by atoms with Crippen molar-refractivity contribution in [3.8, 4) is 0 Å². The highest BCUT2D eigenvalue weighted by Crippen LogP contribution is 2.54. The normalized spacial score (nSPS) is 26.3. The standard InChI is InChI=1S/C23H36O3/c1-17(2)10-9-14-22(5)21(26-22)16-23(15-13-18(3)4)19(24-6)11-8-12-20(23)25-7/h10-13,21H,8-9,14-16H2,1-7H3/t21-,22-/m0/s1. The second-order valence-electron chi connectivity index (χ2n) is 8.29. The van der Waals surface area contributed by atoms with Crippen LogP contribution in [0.5, 0.6) is 0 Å². The number of hydrogen-bond acceptors (Lipinski definition) is 3. The molecule has 0 aromatic heterocycles. The van der Waals surface area contributed by atoms with Gasteiger partial charge in [0.1, 0.15) is 11.5 Å². The lowest BCUT2D eigenvalue weighted by atomic mass is 9.71. The summed E-state index contributed by atoms with van der Waals surface area (Å²) in [7, 11) is 3.53. The smallest absolute Gasteiger partial charge is 0.106 e. The third-order valence-corrected chi connectivity index (χ3v) is 5.61. The lowest BCUT2D eigenvalue weighted by Gasteiger charge is -2.37. The van der Waals surface area contributed by atoms with Crippen LogP contribution in [0.25, 0.3) is 0 Å². The van der Waals surface area contributed by atoms with Crippen LogP contribution >= 0.6 is 0 Å². The summed E-state index contributed by atoms with van der Waals surface area (Å²) in [6.07, 6.45) is 13.9. The minimum atomic E-state index is -0.266. The summed E-state index contributed by atoms with van der Waals surface area (Å²) >= 11 is 0. The summed E-state index contributed by atoms with van der Waals surface area (Å²) in [4.78, 5) is 0. The van der Waals surface area contributed by atoms with E-state index in [0.717, 1.165) is 43.6 Å². The predicted octanol–water partition coefficient (Wildman–Crippen LogP) is 6.09. The van der Waals surface area contributed by atoms with E-state index in [1.54, 1.807) is 14.2 Å². The Morgan fingerprint density at radius 1 is 1.08 bits per heavy atom. The monoisotopic (exact) mass is 360 g/mol. The van der Waals surface area contributed by atoms with Crippen LogP contribution in [0.4, 0.5) is 0 Å². The summed E-state index contributed by atoms with van der Waals surface area (Å²) in [6.45, 7) is 10.8. The fourth-order valence-corrected chi connectivity index (χ4v) is 3.94. The highest BCUT2D eigenvalue weighted by Gasteiger charge is 2.57. The minimum absolute atomic E-state index is 0.0426. The van der Waals surface area contributed by atoms with Crippen molar-refractivity contribution in [1.29, 1.82) is 0 Å². The fourth-order valence-electron chi connectivity index (χ4n) is 3.94. The molecule has 146 valence electrons. The average Bonchev–Trinajstić information content (AvgIpc) is 3.21. The molecule has 3 heteroatoms. The zero-order chi connectivity index (χ0) is 19.4. The van der Waals surface area contributed by atoms with Gasteiger partial charge in [-0.15, -0.1) is 0 Å². The fraction of sp³-hybridized carbons (Fsp3) is 0.652. The Bertz CT molecular complexity index is 595. The second-order valence-corrected chi connectivity index (χ2v) is 8.29. The van der Waals surface area contributed by atoms with Gasteiger partial charge in [0.05, 0.1) is 31.3 Å². The van der Waals surface area contributed by atoms with Gasteiger partial charge in [0, 0.05) is 0 Å². The SMILES string of the molecule is COC1=CCC=C(OC)C1(CC=C(C)C)C[C@@H]1O[C@@]1(C)CCC=C(C)C. The van der Waals surface area contributed by atoms with Gasteiger partial charge in [0.25, 0.3) is 0 Å². The number of methoxy groups -OCH3 is 2. The molecule has 0 amide bonds. The van der Waals surface area contributed by atoms with Crippen LogP contribution in [-0.2, 0) is 14.2 Å². The summed E-state index contributed by atoms with van der Waals surface area (Å²) in [5.41, 5.74) is 2.37. The van der Waals surface area contributed by atoms with E-state index in [4.69, 9.17) is 14.2 Å². The predicted molar refractivity (Wildman–Crippen MR) is 108 cm³/mol. The molecular weight excluding hydrogens is 324 g/mol. The van der Waals surface area contributed by atoms with Crippen LogP contribution in [-0.4, -0.2) is 25.9 Å². The van der Waals surface area contributed by atoms with Crippen molar-refractivity contribution in [3.05, 3.63) is 47.0 Å². The van der Waals surface area contributed by atoms with Crippen LogP contribution < -0.4 is 0 Å². The third kappa shape index (κ3) is 4.62. The summed E-state index contributed by atoms with van der Waals surface area (Å²) in [5.74, 6) is 2.02. The molecule has 0 N–H and O–H groups in total. The van der Waals surface area contributed by atoms with E-state index in [1.165, 1.54) is 11.1 Å². The quantitative estimate of drug-likeness (QED) is 0.368. The van der Waals surface area contributed by atoms with E-state index in [9.17, 15) is 0 Å². The maximum absolute atomic E-state index is 6.19. The van der Waals surface area contributed by atoms with Gasteiger partial charge in [-0.3, -0.25) is 0 Å². The van der Waals surface area contributed by atoms with Crippen LogP contribution in [0.15, 0.2) is 47.0 Å². The maximum atomic E-state index is 6.19. The van der Waals surface area contributed by atoms with E-state index in [0.29, 0.717) is 0 Å². The third-order valence-electron chi connectivity index (χ3n) is 5.61. The van der Waals surface area contributed by atoms with Gasteiger partial charge in [-0.25, -0.2) is 0 Å². The van der Waals surface area contributed by atoms with Gasteiger partial charge in [-0.05, 0) is 78.9 Å². The highest BCUT2D eigenvalue weighted by molar-refractivity contribution is 5.31. The molecule has 0 unspecified atom stereocenters. The lowest BCUT2D eigenvalue weighted by Crippen LogP contribution is -2.32. The zero-order valence-corrected chi connectivity index (χ0v) is 17.6. The molecule has 1 heterocycles. The number of ether oxygens (including phenoxy) is 3. The molecule has 1 saturated heterocycles. The number of rotatable bonds is 9. The van der Waals surface area contributed by atoms with E-state index < -0.39 is 0 Å². The van der Waals surface area contributed by atoms with E-state index in [2.05, 4.69) is 58.9 Å². The molecule has 0 spiro atoms. The van der Waals surface area contributed by atoms with E-state index in [-0.39, 0.29) is 17.1 Å². The van der Waals surface area contributed by atoms with Crippen LogP contribution in [0.1, 0.15) is 66.7 Å². The molecule has 1 aliphatic carbocycles. The Labute approximate surface area is 159 Å². The molecular formula is C23H36O3. The Balaban J connectivity index is 2.22. The number of hydrogen-bond donors (Lipinski definition) is 0. The Morgan fingerprint density at radius 3 is 2.15 bits per heavy atom. The lowest BCUT2D eigenvalue weighted by molar-refractivity contribution is 0.106. The summed E-state index contributed by atoms with van der Waals surface area (Å²) < 4.78 is 17.8. The van der Waals surface area contributed by atoms with Gasteiger partial charge >= 0.3 is 0 Å². The molecule has 0 aromatic carbocycles. The Hall–Kier alpha value is -1.48. The molecule has 2 rings (SSSR count). The van der Waals surface area contributed by atoms with Gasteiger partial charge in [-0.1, -0.05) is 23.3 Å². The summed E-state index contributed by atoms with van der Waals surface area (Å²) in [6, 6.07) is 0. The average molecular weight is 361 g/mol. The van der Waals surface area contributed by atoms with E-state index in [1.807, 2.05) is 0 Å². The molecule has 0 radical (unpaired) electrons. The molecule has 26 heavy (non-hydrogen) atoms. The Morgan fingerprint density at radius 2 is 1.65 bits per heavy atom. The zero-order valence-electron chi connectivity index (χ0n) is 17.6. The Kier molecular flexibility index (Phi) is 6.79. The van der Waals surface area contributed by atoms with Crippen molar-refractivity contribution in [3.63, 3.8) is 0 Å². The van der Waals surface area contributed by atoms with Gasteiger partial charge < -0.3 is 14.2 Å². The summed E-state index contributed by atoms with van der Waals surface area (Å²) in [5, 5.41) is 0. The highest BCUT2D eigenvalue weighted by atomic mass is 16.6. The topological polar surface area (TPSA) is 31.0 Å². The van der Waals surface area contributed by atoms with Crippen molar-refractivity contribution in [2.45, 2.75) is 78.4 Å². The van der Waals surface area contributed by atoms with Crippen molar-refractivity contribution in [2.75, 3.05) is 14.2 Å². The molecule has 0 saturated carbocycles. The first-order valence-corrected chi connectivity index (χ1v) is 9.71. The largest absolute Gasteiger partial charge is 0.500 e. The van der Waals surface area contributed by atoms with Gasteiger partial charge in [0.2, 0.25) is 0 Å². The van der Waals surface area contributed by atoms with Crippen molar-refractivity contribution >= 4 is 0 Å². The van der Waals surface area contributed by atoms with Crippen molar-refractivity contribution in [2.24, 2.45) is 5.41 Å². The van der Waals surface area contributed by atoms with E-state index >= 15 is 0 Å². The molecule has 2 aliphatic rings. The molecule has 3 nitrogen and oxygen atoms in total. The van der Waals surface area contributed by atoms with Gasteiger partial charge in [-0.2, -0.15) is 0 Å². The number of epoxide rings is 1. The van der Waals surface area contributed by atoms with Crippen molar-refractivity contribution in [1.82, 2.24) is 0 Å². The van der Waals surface area contributed by atoms with Gasteiger partial charge in [0.15, 0.2) is 0 Å². The first-order chi connectivity index (χ1) is 12.3. The van der Waals surface area contributed by atoms with Crippen LogP contribution in [0, 0.1) is 5.41 Å². The molecule has 2 atom stereocenters. The minimum Gasteiger partial charge on any atom is -0.500 e. The van der Waals surface area contributed by atoms with Crippen LogP contribution in [0.3, 0.4) is 0 Å².